The van der Waals surface area contributed by atoms with Crippen LogP contribution in [0.3, 0.4) is 0 Å². The molecule has 1 heterocycles. The van der Waals surface area contributed by atoms with Crippen LogP contribution in [0.5, 0.6) is 0 Å². The number of aliphatic hydroxyl groups is 1. The van der Waals surface area contributed by atoms with Gasteiger partial charge in [0.2, 0.25) is 0 Å². The van der Waals surface area contributed by atoms with Gasteiger partial charge in [-0.25, -0.2) is 0 Å². The van der Waals surface area contributed by atoms with E-state index in [1.165, 1.54) is 6.20 Å². The lowest BCUT2D eigenvalue weighted by molar-refractivity contribution is 0.506. The van der Waals surface area contributed by atoms with Crippen molar-refractivity contribution in [3.8, 4) is 0 Å². The highest BCUT2D eigenvalue weighted by Gasteiger charge is 2.08. The summed E-state index contributed by atoms with van der Waals surface area (Å²) in [5.74, 6) is 0.263. The Morgan fingerprint density at radius 1 is 1.18 bits per heavy atom. The molecule has 0 radical (unpaired) electrons. The van der Waals surface area contributed by atoms with E-state index in [4.69, 9.17) is 0 Å². The topological polar surface area (TPSA) is 44.3 Å². The summed E-state index contributed by atoms with van der Waals surface area (Å²) < 4.78 is 0. The van der Waals surface area contributed by atoms with E-state index in [-0.39, 0.29) is 5.76 Å². The third-order valence-corrected chi connectivity index (χ3v) is 1.62. The van der Waals surface area contributed by atoms with E-state index in [1.54, 1.807) is 0 Å². The number of hydrazine groups is 1. The summed E-state index contributed by atoms with van der Waals surface area (Å²) >= 11 is 0. The lowest BCUT2D eigenvalue weighted by Crippen LogP contribution is -2.20. The third-order valence-electron chi connectivity index (χ3n) is 1.62. The van der Waals surface area contributed by atoms with Gasteiger partial charge in [0.05, 0.1) is 11.9 Å². The van der Waals surface area contributed by atoms with Crippen LogP contribution in [0.4, 0.5) is 5.69 Å². The van der Waals surface area contributed by atoms with Crippen molar-refractivity contribution in [3.05, 3.63) is 36.0 Å². The molecule has 3 N–H and O–H groups in total. The Bertz CT molecular complexity index is 307. The second kappa shape index (κ2) is 2.20. The molecule has 11 heavy (non-hydrogen) atoms. The minimum atomic E-state index is 0.263. The van der Waals surface area contributed by atoms with Crippen molar-refractivity contribution in [3.63, 3.8) is 0 Å². The minimum Gasteiger partial charge on any atom is -0.506 e. The van der Waals surface area contributed by atoms with Crippen LogP contribution in [0, 0.1) is 0 Å². The van der Waals surface area contributed by atoms with E-state index in [9.17, 15) is 5.11 Å². The summed E-state index contributed by atoms with van der Waals surface area (Å²) in [6.07, 6.45) is 1.52. The van der Waals surface area contributed by atoms with Crippen molar-refractivity contribution in [2.75, 3.05) is 5.43 Å². The van der Waals surface area contributed by atoms with E-state index in [2.05, 4.69) is 10.9 Å². The summed E-state index contributed by atoms with van der Waals surface area (Å²) in [6.45, 7) is 0. The summed E-state index contributed by atoms with van der Waals surface area (Å²) in [4.78, 5) is 0. The smallest absolute Gasteiger partial charge is 0.142 e. The van der Waals surface area contributed by atoms with Crippen LogP contribution in [-0.2, 0) is 0 Å². The molecule has 1 aliphatic rings. The molecular formula is C8H8N2O. The Morgan fingerprint density at radius 3 is 2.82 bits per heavy atom. The maximum atomic E-state index is 9.32. The van der Waals surface area contributed by atoms with Crippen LogP contribution in [0.1, 0.15) is 5.56 Å². The zero-order chi connectivity index (χ0) is 7.68. The maximum Gasteiger partial charge on any atom is 0.142 e. The van der Waals surface area contributed by atoms with Gasteiger partial charge in [-0.1, -0.05) is 12.1 Å². The van der Waals surface area contributed by atoms with Crippen LogP contribution in [0.15, 0.2) is 30.5 Å². The second-order valence-corrected chi connectivity index (χ2v) is 2.34. The normalized spacial score (nSPS) is 14.0. The van der Waals surface area contributed by atoms with Crippen molar-refractivity contribution < 1.29 is 5.11 Å². The third kappa shape index (κ3) is 0.902. The average molecular weight is 148 g/mol. The zero-order valence-electron chi connectivity index (χ0n) is 5.83. The van der Waals surface area contributed by atoms with Crippen LogP contribution < -0.4 is 10.9 Å². The van der Waals surface area contributed by atoms with Crippen LogP contribution in [0.25, 0.3) is 5.76 Å². The molecule has 1 aromatic carbocycles. The molecule has 0 aromatic heterocycles. The molecule has 2 rings (SSSR count). The molecule has 56 valence electrons. The van der Waals surface area contributed by atoms with Gasteiger partial charge in [0.1, 0.15) is 5.76 Å². The molecule has 0 unspecified atom stereocenters. The summed E-state index contributed by atoms with van der Waals surface area (Å²) in [5, 5.41) is 9.32. The number of anilines is 1. The molecule has 0 amide bonds. The Labute approximate surface area is 64.3 Å². The molecule has 1 aliphatic heterocycles. The van der Waals surface area contributed by atoms with Gasteiger partial charge in [-0.15, -0.1) is 0 Å². The van der Waals surface area contributed by atoms with Gasteiger partial charge in [0.25, 0.3) is 0 Å². The largest absolute Gasteiger partial charge is 0.506 e. The number of benzene rings is 1. The Hall–Kier alpha value is -1.64. The van der Waals surface area contributed by atoms with Crippen molar-refractivity contribution in [1.82, 2.24) is 5.43 Å². The lowest BCUT2D eigenvalue weighted by Gasteiger charge is -2.15. The van der Waals surface area contributed by atoms with Crippen molar-refractivity contribution in [2.45, 2.75) is 0 Å². The van der Waals surface area contributed by atoms with Gasteiger partial charge in [-0.2, -0.15) is 0 Å². The van der Waals surface area contributed by atoms with Gasteiger partial charge < -0.3 is 16.0 Å². The first-order valence-corrected chi connectivity index (χ1v) is 3.38. The molecule has 3 heteroatoms. The molecule has 0 saturated carbocycles. The first-order chi connectivity index (χ1) is 5.38. The highest BCUT2D eigenvalue weighted by Crippen LogP contribution is 2.22. The molecule has 0 atom stereocenters. The first kappa shape index (κ1) is 6.09. The fourth-order valence-corrected chi connectivity index (χ4v) is 1.08. The van der Waals surface area contributed by atoms with Crippen molar-refractivity contribution in [2.24, 2.45) is 0 Å². The molecule has 3 nitrogen and oxygen atoms in total. The lowest BCUT2D eigenvalue weighted by atomic mass is 10.1. The van der Waals surface area contributed by atoms with Gasteiger partial charge in [0, 0.05) is 5.56 Å². The summed E-state index contributed by atoms with van der Waals surface area (Å²) in [7, 11) is 0. The monoisotopic (exact) mass is 148 g/mol. The quantitative estimate of drug-likeness (QED) is 0.522. The summed E-state index contributed by atoms with van der Waals surface area (Å²) in [6, 6.07) is 7.54. The summed E-state index contributed by atoms with van der Waals surface area (Å²) in [5.41, 5.74) is 7.36. The van der Waals surface area contributed by atoms with Gasteiger partial charge >= 0.3 is 0 Å². The first-order valence-electron chi connectivity index (χ1n) is 3.38. The van der Waals surface area contributed by atoms with Gasteiger partial charge in [-0.3, -0.25) is 0 Å². The predicted octanol–water partition coefficient (Wildman–Crippen LogP) is 1.47. The molecule has 0 saturated heterocycles. The van der Waals surface area contributed by atoms with E-state index in [0.717, 1.165) is 11.3 Å². The number of hydrogen-bond acceptors (Lipinski definition) is 3. The van der Waals surface area contributed by atoms with Gasteiger partial charge in [0.15, 0.2) is 0 Å². The fourth-order valence-electron chi connectivity index (χ4n) is 1.08. The number of rotatable bonds is 0. The highest BCUT2D eigenvalue weighted by atomic mass is 16.3. The van der Waals surface area contributed by atoms with Crippen molar-refractivity contribution >= 4 is 11.4 Å². The second-order valence-electron chi connectivity index (χ2n) is 2.34. The molecule has 0 spiro atoms. The SMILES string of the molecule is OC1=CNNc2ccccc21. The molecule has 0 fully saturated rings. The standard InChI is InChI=1S/C8H8N2O/c11-8-5-9-10-7-4-2-1-3-6(7)8/h1-5,9-11H. The number of para-hydroxylation sites is 1. The maximum absolute atomic E-state index is 9.32. The molecular weight excluding hydrogens is 140 g/mol. The van der Waals surface area contributed by atoms with E-state index < -0.39 is 0 Å². The zero-order valence-corrected chi connectivity index (χ0v) is 5.83. The van der Waals surface area contributed by atoms with E-state index >= 15 is 0 Å². The molecule has 0 bridgehead atoms. The molecule has 0 aliphatic carbocycles. The Kier molecular flexibility index (Phi) is 1.22. The average Bonchev–Trinajstić information content (AvgIpc) is 2.06. The van der Waals surface area contributed by atoms with Crippen LogP contribution in [-0.4, -0.2) is 5.11 Å². The van der Waals surface area contributed by atoms with Crippen LogP contribution >= 0.6 is 0 Å². The van der Waals surface area contributed by atoms with E-state index in [1.807, 2.05) is 24.3 Å². The number of aliphatic hydroxyl groups excluding tert-OH is 1. The van der Waals surface area contributed by atoms with Crippen LogP contribution in [0.2, 0.25) is 0 Å². The van der Waals surface area contributed by atoms with Gasteiger partial charge in [-0.05, 0) is 12.1 Å². The fraction of sp³-hybridized carbons (Fsp3) is 0. The minimum absolute atomic E-state index is 0.263. The molecule has 1 aromatic rings. The predicted molar refractivity (Wildman–Crippen MR) is 43.8 cm³/mol. The van der Waals surface area contributed by atoms with E-state index in [0.29, 0.717) is 0 Å². The number of hydrogen-bond donors (Lipinski definition) is 3. The Balaban J connectivity index is 2.56. The van der Waals surface area contributed by atoms with Crippen molar-refractivity contribution in [1.29, 1.82) is 0 Å². The highest BCUT2D eigenvalue weighted by molar-refractivity contribution is 5.73. The Morgan fingerprint density at radius 2 is 2.00 bits per heavy atom. The number of fused-ring (bicyclic) bond motifs is 1. The number of nitrogens with one attached hydrogen (secondary N) is 2.